The highest BCUT2D eigenvalue weighted by molar-refractivity contribution is 7.89. The van der Waals surface area contributed by atoms with Crippen LogP contribution in [-0.2, 0) is 10.0 Å². The van der Waals surface area contributed by atoms with Crippen LogP contribution < -0.4 is 16.0 Å². The van der Waals surface area contributed by atoms with Gasteiger partial charge in [-0.3, -0.25) is 9.59 Å². The second-order valence-corrected chi connectivity index (χ2v) is 5.68. The number of aromatic amines is 1. The smallest absolute Gasteiger partial charge is 0.255 e. The van der Waals surface area contributed by atoms with E-state index in [0.29, 0.717) is 0 Å². The summed E-state index contributed by atoms with van der Waals surface area (Å²) in [5.74, 6) is -1.56. The number of sulfonamides is 1. The van der Waals surface area contributed by atoms with Gasteiger partial charge in [-0.05, 0) is 24.3 Å². The number of anilines is 1. The zero-order chi connectivity index (χ0) is 15.6. The third-order valence-corrected chi connectivity index (χ3v) is 3.39. The standard InChI is InChI=1S/C12H10FN3O4S/c13-8-4-9(6-10(5-8)21(14,19)20)16-12(18)7-1-2-15-11(17)3-7/h1-6H,(H,15,17)(H,16,18)(H2,14,19,20). The number of benzene rings is 1. The molecule has 0 saturated heterocycles. The number of halogens is 1. The molecule has 0 aliphatic rings. The number of amides is 1. The topological polar surface area (TPSA) is 122 Å². The molecule has 0 spiro atoms. The van der Waals surface area contributed by atoms with Gasteiger partial charge in [0.25, 0.3) is 5.91 Å². The average molecular weight is 311 g/mol. The van der Waals surface area contributed by atoms with Crippen LogP contribution >= 0.6 is 0 Å². The quantitative estimate of drug-likeness (QED) is 0.760. The molecular formula is C12H10FN3O4S. The summed E-state index contributed by atoms with van der Waals surface area (Å²) < 4.78 is 35.7. The summed E-state index contributed by atoms with van der Waals surface area (Å²) in [7, 11) is -4.10. The number of nitrogens with two attached hydrogens (primary N) is 1. The highest BCUT2D eigenvalue weighted by atomic mass is 32.2. The third kappa shape index (κ3) is 3.74. The number of primary sulfonamides is 1. The van der Waals surface area contributed by atoms with E-state index in [2.05, 4.69) is 10.3 Å². The van der Waals surface area contributed by atoms with Crippen LogP contribution in [0.5, 0.6) is 0 Å². The summed E-state index contributed by atoms with van der Waals surface area (Å²) in [6.07, 6.45) is 1.28. The lowest BCUT2D eigenvalue weighted by molar-refractivity contribution is 0.102. The van der Waals surface area contributed by atoms with E-state index in [1.165, 1.54) is 12.3 Å². The fourth-order valence-electron chi connectivity index (χ4n) is 1.59. The van der Waals surface area contributed by atoms with Crippen molar-refractivity contribution in [1.29, 1.82) is 0 Å². The van der Waals surface area contributed by atoms with Crippen LogP contribution in [0.2, 0.25) is 0 Å². The monoisotopic (exact) mass is 311 g/mol. The number of hydrogen-bond acceptors (Lipinski definition) is 4. The third-order valence-electron chi connectivity index (χ3n) is 2.49. The lowest BCUT2D eigenvalue weighted by Crippen LogP contribution is -2.17. The number of H-pyrrole nitrogens is 1. The summed E-state index contributed by atoms with van der Waals surface area (Å²) in [5.41, 5.74) is -0.531. The van der Waals surface area contributed by atoms with E-state index >= 15 is 0 Å². The second kappa shape index (κ2) is 5.46. The molecule has 0 unspecified atom stereocenters. The first-order chi connectivity index (χ1) is 9.75. The Morgan fingerprint density at radius 3 is 2.57 bits per heavy atom. The zero-order valence-electron chi connectivity index (χ0n) is 10.5. The SMILES string of the molecule is NS(=O)(=O)c1cc(F)cc(NC(=O)c2cc[nH]c(=O)c2)c1. The zero-order valence-corrected chi connectivity index (χ0v) is 11.3. The van der Waals surface area contributed by atoms with Gasteiger partial charge < -0.3 is 10.3 Å². The van der Waals surface area contributed by atoms with Crippen LogP contribution in [0.3, 0.4) is 0 Å². The molecule has 2 aromatic rings. The van der Waals surface area contributed by atoms with Gasteiger partial charge in [0.15, 0.2) is 0 Å². The summed E-state index contributed by atoms with van der Waals surface area (Å²) >= 11 is 0. The minimum atomic E-state index is -4.10. The summed E-state index contributed by atoms with van der Waals surface area (Å²) in [5, 5.41) is 7.19. The van der Waals surface area contributed by atoms with Crippen LogP contribution in [0.25, 0.3) is 0 Å². The van der Waals surface area contributed by atoms with Gasteiger partial charge in [-0.25, -0.2) is 17.9 Å². The Morgan fingerprint density at radius 2 is 1.95 bits per heavy atom. The molecule has 0 saturated carbocycles. The van der Waals surface area contributed by atoms with Crippen molar-refractivity contribution in [2.24, 2.45) is 5.14 Å². The van der Waals surface area contributed by atoms with Crippen molar-refractivity contribution in [3.63, 3.8) is 0 Å². The number of pyridine rings is 1. The van der Waals surface area contributed by atoms with E-state index < -0.39 is 32.2 Å². The Kier molecular flexibility index (Phi) is 3.87. The minimum absolute atomic E-state index is 0.0418. The van der Waals surface area contributed by atoms with Gasteiger partial charge in [-0.2, -0.15) is 0 Å². The Balaban J connectivity index is 2.34. The maximum atomic E-state index is 13.3. The van der Waals surface area contributed by atoms with Crippen LogP contribution in [-0.4, -0.2) is 19.3 Å². The first-order valence-corrected chi connectivity index (χ1v) is 7.14. The maximum Gasteiger partial charge on any atom is 0.255 e. The lowest BCUT2D eigenvalue weighted by Gasteiger charge is -2.07. The molecule has 4 N–H and O–H groups in total. The number of hydrogen-bond donors (Lipinski definition) is 3. The van der Waals surface area contributed by atoms with Gasteiger partial charge in [0.2, 0.25) is 15.6 Å². The Morgan fingerprint density at radius 1 is 1.24 bits per heavy atom. The van der Waals surface area contributed by atoms with Crippen LogP contribution in [0.1, 0.15) is 10.4 Å². The van der Waals surface area contributed by atoms with Gasteiger partial charge in [0, 0.05) is 23.5 Å². The molecule has 0 aliphatic carbocycles. The maximum absolute atomic E-state index is 13.3. The van der Waals surface area contributed by atoms with Crippen molar-refractivity contribution in [3.05, 3.63) is 58.3 Å². The van der Waals surface area contributed by atoms with E-state index in [-0.39, 0.29) is 11.3 Å². The Hall–Kier alpha value is -2.52. The predicted octanol–water partition coefficient (Wildman–Crippen LogP) is 0.414. The molecule has 0 bridgehead atoms. The normalized spacial score (nSPS) is 11.1. The molecule has 1 heterocycles. The van der Waals surface area contributed by atoms with Crippen LogP contribution in [0.15, 0.2) is 46.2 Å². The van der Waals surface area contributed by atoms with Crippen molar-refractivity contribution in [2.75, 3.05) is 5.32 Å². The molecule has 0 fully saturated rings. The molecule has 110 valence electrons. The lowest BCUT2D eigenvalue weighted by atomic mass is 10.2. The Labute approximate surface area is 118 Å². The molecule has 1 aromatic heterocycles. The summed E-state index contributed by atoms with van der Waals surface area (Å²) in [4.78, 5) is 24.8. The molecule has 0 radical (unpaired) electrons. The van der Waals surface area contributed by atoms with Gasteiger partial charge in [-0.1, -0.05) is 0 Å². The molecule has 2 rings (SSSR count). The number of nitrogens with one attached hydrogen (secondary N) is 2. The van der Waals surface area contributed by atoms with E-state index in [0.717, 1.165) is 24.3 Å². The highest BCUT2D eigenvalue weighted by Gasteiger charge is 2.13. The molecule has 9 heteroatoms. The summed E-state index contributed by atoms with van der Waals surface area (Å²) in [6, 6.07) is 5.08. The van der Waals surface area contributed by atoms with E-state index in [1.54, 1.807) is 0 Å². The number of aromatic nitrogens is 1. The Bertz CT molecular complexity index is 861. The van der Waals surface area contributed by atoms with Gasteiger partial charge in [0.05, 0.1) is 4.90 Å². The number of carbonyl (C=O) groups excluding carboxylic acids is 1. The molecule has 7 nitrogen and oxygen atoms in total. The fraction of sp³-hybridized carbons (Fsp3) is 0. The molecule has 0 aliphatic heterocycles. The first kappa shape index (κ1) is 14.9. The fourth-order valence-corrected chi connectivity index (χ4v) is 2.16. The van der Waals surface area contributed by atoms with Crippen LogP contribution in [0, 0.1) is 5.82 Å². The van der Waals surface area contributed by atoms with Crippen molar-refractivity contribution in [1.82, 2.24) is 4.98 Å². The van der Waals surface area contributed by atoms with E-state index in [4.69, 9.17) is 5.14 Å². The van der Waals surface area contributed by atoms with Crippen molar-refractivity contribution >= 4 is 21.6 Å². The highest BCUT2D eigenvalue weighted by Crippen LogP contribution is 2.17. The second-order valence-electron chi connectivity index (χ2n) is 4.12. The van der Waals surface area contributed by atoms with Crippen LogP contribution in [0.4, 0.5) is 10.1 Å². The molecule has 1 aromatic carbocycles. The van der Waals surface area contributed by atoms with Gasteiger partial charge in [-0.15, -0.1) is 0 Å². The van der Waals surface area contributed by atoms with E-state index in [9.17, 15) is 22.4 Å². The minimum Gasteiger partial charge on any atom is -0.329 e. The predicted molar refractivity (Wildman–Crippen MR) is 72.8 cm³/mol. The van der Waals surface area contributed by atoms with Crippen molar-refractivity contribution in [2.45, 2.75) is 4.90 Å². The molecule has 1 amide bonds. The molecule has 21 heavy (non-hydrogen) atoms. The molecule has 0 atom stereocenters. The van der Waals surface area contributed by atoms with E-state index in [1.807, 2.05) is 0 Å². The van der Waals surface area contributed by atoms with Crippen molar-refractivity contribution in [3.8, 4) is 0 Å². The number of rotatable bonds is 3. The largest absolute Gasteiger partial charge is 0.329 e. The van der Waals surface area contributed by atoms with Gasteiger partial charge >= 0.3 is 0 Å². The van der Waals surface area contributed by atoms with Crippen molar-refractivity contribution < 1.29 is 17.6 Å². The number of carbonyl (C=O) groups is 1. The first-order valence-electron chi connectivity index (χ1n) is 5.59. The summed E-state index contributed by atoms with van der Waals surface area (Å²) in [6.45, 7) is 0. The molecular weight excluding hydrogens is 301 g/mol. The average Bonchev–Trinajstić information content (AvgIpc) is 2.37. The van der Waals surface area contributed by atoms with Gasteiger partial charge in [0.1, 0.15) is 5.82 Å².